The van der Waals surface area contributed by atoms with Gasteiger partial charge in [0.2, 0.25) is 10.0 Å². The molecule has 1 heterocycles. The molecule has 0 radical (unpaired) electrons. The summed E-state index contributed by atoms with van der Waals surface area (Å²) in [6, 6.07) is 27.9. The zero-order valence-corrected chi connectivity index (χ0v) is 15.2. The second-order valence-corrected chi connectivity index (χ2v) is 7.60. The van der Waals surface area contributed by atoms with Crippen LogP contribution in [-0.2, 0) is 10.0 Å². The number of rotatable bonds is 4. The van der Waals surface area contributed by atoms with Gasteiger partial charge in [0.05, 0.1) is 22.0 Å². The van der Waals surface area contributed by atoms with Crippen molar-refractivity contribution < 1.29 is 8.42 Å². The summed E-state index contributed by atoms with van der Waals surface area (Å²) in [6.07, 6.45) is 0. The predicted octanol–water partition coefficient (Wildman–Crippen LogP) is 3.85. The molecule has 0 amide bonds. The second-order valence-electron chi connectivity index (χ2n) is 6.07. The van der Waals surface area contributed by atoms with Gasteiger partial charge in [-0.2, -0.15) is 5.10 Å². The topological polar surface area (TPSA) is 78.0 Å². The predicted molar refractivity (Wildman–Crippen MR) is 106 cm³/mol. The van der Waals surface area contributed by atoms with Crippen LogP contribution in [0.3, 0.4) is 0 Å². The summed E-state index contributed by atoms with van der Waals surface area (Å²) in [5.41, 5.74) is 3.70. The maximum absolute atomic E-state index is 12.1. The average Bonchev–Trinajstić information content (AvgIpc) is 3.14. The minimum atomic E-state index is -3.88. The van der Waals surface area contributed by atoms with Crippen LogP contribution in [-0.4, -0.2) is 18.2 Å². The number of benzene rings is 3. The molecular formula is C21H17N3O2S. The molecule has 0 bridgehead atoms. The molecular weight excluding hydrogens is 358 g/mol. The average molecular weight is 375 g/mol. The van der Waals surface area contributed by atoms with E-state index in [1.54, 1.807) is 22.9 Å². The molecule has 5 nitrogen and oxygen atoms in total. The second kappa shape index (κ2) is 6.83. The molecule has 2 N–H and O–H groups in total. The summed E-state index contributed by atoms with van der Waals surface area (Å²) < 4.78 is 25.9. The van der Waals surface area contributed by atoms with E-state index in [1.165, 1.54) is 6.07 Å². The minimum Gasteiger partial charge on any atom is -0.232 e. The van der Waals surface area contributed by atoms with Crippen LogP contribution >= 0.6 is 0 Å². The van der Waals surface area contributed by atoms with Gasteiger partial charge >= 0.3 is 0 Å². The zero-order valence-electron chi connectivity index (χ0n) is 14.4. The highest BCUT2D eigenvalue weighted by molar-refractivity contribution is 7.89. The van der Waals surface area contributed by atoms with E-state index in [0.29, 0.717) is 11.3 Å². The molecule has 0 aliphatic carbocycles. The van der Waals surface area contributed by atoms with Gasteiger partial charge in [-0.3, -0.25) is 0 Å². The first-order valence-electron chi connectivity index (χ1n) is 8.37. The van der Waals surface area contributed by atoms with Crippen LogP contribution in [0.2, 0.25) is 0 Å². The molecule has 0 saturated heterocycles. The fraction of sp³-hybridized carbons (Fsp3) is 0. The van der Waals surface area contributed by atoms with Gasteiger partial charge in [0.25, 0.3) is 0 Å². The first-order chi connectivity index (χ1) is 13.0. The molecule has 0 saturated carbocycles. The summed E-state index contributed by atoms with van der Waals surface area (Å²) in [5, 5.41) is 10.2. The van der Waals surface area contributed by atoms with Crippen LogP contribution in [0.5, 0.6) is 0 Å². The fourth-order valence-corrected chi connectivity index (χ4v) is 3.76. The van der Waals surface area contributed by atoms with E-state index in [1.807, 2.05) is 66.7 Å². The van der Waals surface area contributed by atoms with E-state index in [2.05, 4.69) is 0 Å². The third-order valence-electron chi connectivity index (χ3n) is 4.25. The van der Waals surface area contributed by atoms with Crippen LogP contribution in [0.15, 0.2) is 95.9 Å². The molecule has 0 unspecified atom stereocenters. The van der Waals surface area contributed by atoms with Crippen molar-refractivity contribution in [1.82, 2.24) is 9.78 Å². The Balaban J connectivity index is 2.00. The molecule has 0 atom stereocenters. The monoisotopic (exact) mass is 375 g/mol. The van der Waals surface area contributed by atoms with Gasteiger partial charge in [-0.05, 0) is 24.3 Å². The molecule has 0 aliphatic rings. The maximum Gasteiger partial charge on any atom is 0.238 e. The van der Waals surface area contributed by atoms with E-state index < -0.39 is 10.0 Å². The van der Waals surface area contributed by atoms with Crippen molar-refractivity contribution in [3.8, 4) is 28.2 Å². The lowest BCUT2D eigenvalue weighted by molar-refractivity contribution is 0.598. The Morgan fingerprint density at radius 2 is 1.37 bits per heavy atom. The Hall–Kier alpha value is -3.22. The normalized spacial score (nSPS) is 11.4. The Morgan fingerprint density at radius 3 is 2.04 bits per heavy atom. The highest BCUT2D eigenvalue weighted by Gasteiger charge is 2.20. The first kappa shape index (κ1) is 17.2. The van der Waals surface area contributed by atoms with E-state index in [4.69, 9.17) is 10.2 Å². The van der Waals surface area contributed by atoms with Crippen molar-refractivity contribution in [3.63, 3.8) is 0 Å². The van der Waals surface area contributed by atoms with Crippen LogP contribution in [0.4, 0.5) is 0 Å². The molecule has 0 fully saturated rings. The zero-order chi connectivity index (χ0) is 18.9. The van der Waals surface area contributed by atoms with Crippen molar-refractivity contribution in [1.29, 1.82) is 0 Å². The van der Waals surface area contributed by atoms with Gasteiger partial charge in [-0.25, -0.2) is 18.2 Å². The van der Waals surface area contributed by atoms with Gasteiger partial charge in [0, 0.05) is 11.1 Å². The van der Waals surface area contributed by atoms with E-state index in [0.717, 1.165) is 16.9 Å². The molecule has 134 valence electrons. The lowest BCUT2D eigenvalue weighted by Gasteiger charge is -2.10. The SMILES string of the molecule is NS(=O)(=O)c1ccccc1-c1cc(-c2ccccc2)nn1-c1ccccc1. The standard InChI is InChI=1S/C21H17N3O2S/c22-27(25,26)21-14-8-7-13-18(21)20-15-19(16-9-3-1-4-10-16)23-24(20)17-11-5-2-6-12-17/h1-15H,(H2,22,25,26). The van der Waals surface area contributed by atoms with Crippen LogP contribution < -0.4 is 5.14 Å². The van der Waals surface area contributed by atoms with Crippen molar-refractivity contribution in [3.05, 3.63) is 91.0 Å². The third kappa shape index (κ3) is 3.40. The molecule has 4 aromatic rings. The van der Waals surface area contributed by atoms with Crippen molar-refractivity contribution >= 4 is 10.0 Å². The van der Waals surface area contributed by atoms with Crippen LogP contribution in [0, 0.1) is 0 Å². The van der Waals surface area contributed by atoms with E-state index in [9.17, 15) is 8.42 Å². The van der Waals surface area contributed by atoms with Gasteiger partial charge in [-0.1, -0.05) is 66.7 Å². The maximum atomic E-state index is 12.1. The van der Waals surface area contributed by atoms with E-state index >= 15 is 0 Å². The number of hydrogen-bond donors (Lipinski definition) is 1. The van der Waals surface area contributed by atoms with Gasteiger partial charge in [-0.15, -0.1) is 0 Å². The number of para-hydroxylation sites is 1. The number of hydrogen-bond acceptors (Lipinski definition) is 3. The first-order valence-corrected chi connectivity index (χ1v) is 9.92. The smallest absolute Gasteiger partial charge is 0.232 e. The summed E-state index contributed by atoms with van der Waals surface area (Å²) in [5.74, 6) is 0. The lowest BCUT2D eigenvalue weighted by atomic mass is 10.1. The minimum absolute atomic E-state index is 0.0710. The highest BCUT2D eigenvalue weighted by atomic mass is 32.2. The molecule has 1 aromatic heterocycles. The summed E-state index contributed by atoms with van der Waals surface area (Å²) in [6.45, 7) is 0. The largest absolute Gasteiger partial charge is 0.238 e. The Kier molecular flexibility index (Phi) is 4.35. The van der Waals surface area contributed by atoms with E-state index in [-0.39, 0.29) is 4.90 Å². The summed E-state index contributed by atoms with van der Waals surface area (Å²) >= 11 is 0. The number of primary sulfonamides is 1. The van der Waals surface area contributed by atoms with Crippen molar-refractivity contribution in [2.75, 3.05) is 0 Å². The molecule has 6 heteroatoms. The van der Waals surface area contributed by atoms with Gasteiger partial charge < -0.3 is 0 Å². The van der Waals surface area contributed by atoms with Crippen molar-refractivity contribution in [2.24, 2.45) is 5.14 Å². The Labute approximate surface area is 157 Å². The number of nitrogens with zero attached hydrogens (tertiary/aromatic N) is 2. The fourth-order valence-electron chi connectivity index (χ4n) is 3.02. The van der Waals surface area contributed by atoms with Crippen LogP contribution in [0.1, 0.15) is 0 Å². The molecule has 0 aliphatic heterocycles. The van der Waals surface area contributed by atoms with Gasteiger partial charge in [0.15, 0.2) is 0 Å². The molecule has 27 heavy (non-hydrogen) atoms. The molecule has 0 spiro atoms. The highest BCUT2D eigenvalue weighted by Crippen LogP contribution is 2.32. The molecule has 3 aromatic carbocycles. The summed E-state index contributed by atoms with van der Waals surface area (Å²) in [4.78, 5) is 0.0710. The third-order valence-corrected chi connectivity index (χ3v) is 5.22. The summed E-state index contributed by atoms with van der Waals surface area (Å²) in [7, 11) is -3.88. The Bertz CT molecular complexity index is 1180. The number of sulfonamides is 1. The van der Waals surface area contributed by atoms with Crippen LogP contribution in [0.25, 0.3) is 28.2 Å². The number of aromatic nitrogens is 2. The molecule has 4 rings (SSSR count). The van der Waals surface area contributed by atoms with Crippen molar-refractivity contribution in [2.45, 2.75) is 4.90 Å². The van der Waals surface area contributed by atoms with Gasteiger partial charge in [0.1, 0.15) is 0 Å². The Morgan fingerprint density at radius 1 is 0.778 bits per heavy atom. The number of nitrogens with two attached hydrogens (primary N) is 1. The quantitative estimate of drug-likeness (QED) is 0.588. The lowest BCUT2D eigenvalue weighted by Crippen LogP contribution is -2.14.